The second-order valence-corrected chi connectivity index (χ2v) is 3.87. The summed E-state index contributed by atoms with van der Waals surface area (Å²) in [5, 5.41) is 9.40. The van der Waals surface area contributed by atoms with Crippen molar-refractivity contribution >= 4 is 29.1 Å². The lowest BCUT2D eigenvalue weighted by Crippen LogP contribution is -2.13. The molecule has 1 aliphatic rings. The van der Waals surface area contributed by atoms with Gasteiger partial charge in [-0.2, -0.15) is 0 Å². The number of halogens is 2. The Balaban J connectivity index is 2.25. The van der Waals surface area contributed by atoms with Crippen LogP contribution in [0.3, 0.4) is 0 Å². The van der Waals surface area contributed by atoms with E-state index in [0.717, 1.165) is 0 Å². The summed E-state index contributed by atoms with van der Waals surface area (Å²) in [4.78, 5) is 12.9. The molecule has 0 radical (unpaired) electrons. The molecule has 0 aliphatic carbocycles. The molecule has 1 heterocycles. The number of carbonyl (C=O) groups is 1. The van der Waals surface area contributed by atoms with E-state index in [9.17, 15) is 9.90 Å². The zero-order valence-corrected chi connectivity index (χ0v) is 8.53. The zero-order chi connectivity index (χ0) is 10.3. The molecule has 14 heavy (non-hydrogen) atoms. The summed E-state index contributed by atoms with van der Waals surface area (Å²) in [7, 11) is 0. The van der Waals surface area contributed by atoms with Crippen LogP contribution in [-0.2, 0) is 0 Å². The van der Waals surface area contributed by atoms with Crippen molar-refractivity contribution in [1.29, 1.82) is 0 Å². The summed E-state index contributed by atoms with van der Waals surface area (Å²) in [5.74, 6) is -0.403. The lowest BCUT2D eigenvalue weighted by molar-refractivity contribution is 0.0875. The summed E-state index contributed by atoms with van der Waals surface area (Å²) in [6.07, 6.45) is 0. The number of hydrogen-bond donors (Lipinski definition) is 1. The monoisotopic (exact) mass is 231 g/mol. The van der Waals surface area contributed by atoms with Gasteiger partial charge in [-0.25, -0.2) is 0 Å². The highest BCUT2D eigenvalue weighted by Gasteiger charge is 2.49. The van der Waals surface area contributed by atoms with Crippen LogP contribution < -0.4 is 0 Å². The first-order valence-electron chi connectivity index (χ1n) is 4.01. The number of aromatic hydroxyl groups is 1. The van der Waals surface area contributed by atoms with E-state index < -0.39 is 11.0 Å². The van der Waals surface area contributed by atoms with E-state index >= 15 is 0 Å². The molecule has 2 atom stereocenters. The van der Waals surface area contributed by atoms with Crippen molar-refractivity contribution in [2.45, 2.75) is 11.0 Å². The van der Waals surface area contributed by atoms with Gasteiger partial charge in [0, 0.05) is 0 Å². The fraction of sp³-hybridized carbons (Fsp3) is 0.222. The Labute approximate surface area is 90.8 Å². The summed E-state index contributed by atoms with van der Waals surface area (Å²) in [6, 6.07) is 6.29. The van der Waals surface area contributed by atoms with Crippen molar-refractivity contribution in [2.24, 2.45) is 0 Å². The summed E-state index contributed by atoms with van der Waals surface area (Å²) in [5.41, 5.74) is -0.714. The molecule has 1 aromatic rings. The molecule has 2 rings (SSSR count). The van der Waals surface area contributed by atoms with Gasteiger partial charge in [0.2, 0.25) is 0 Å². The molecule has 74 valence electrons. The van der Waals surface area contributed by atoms with E-state index in [2.05, 4.69) is 0 Å². The lowest BCUT2D eigenvalue weighted by atomic mass is 10.2. The van der Waals surface area contributed by atoms with E-state index in [4.69, 9.17) is 23.2 Å². The average molecular weight is 232 g/mol. The predicted molar refractivity (Wildman–Crippen MR) is 53.6 cm³/mol. The van der Waals surface area contributed by atoms with Crippen molar-refractivity contribution in [3.05, 3.63) is 29.8 Å². The van der Waals surface area contributed by atoms with Crippen molar-refractivity contribution in [3.63, 3.8) is 0 Å². The van der Waals surface area contributed by atoms with Crippen molar-refractivity contribution < 1.29 is 9.90 Å². The number of rotatable bonds is 1. The Kier molecular flexibility index (Phi) is 2.29. The molecule has 2 unspecified atom stereocenters. The van der Waals surface area contributed by atoms with Gasteiger partial charge in [-0.1, -0.05) is 35.3 Å². The van der Waals surface area contributed by atoms with Gasteiger partial charge in [-0.3, -0.25) is 9.69 Å². The fourth-order valence-corrected chi connectivity index (χ4v) is 1.78. The standard InChI is InChI=1S/C9H7Cl2NO2/c10-7-8(11)12(7)9(14)5-3-1-2-4-6(5)13/h1-4,7-8,13H. The number of para-hydroxylation sites is 1. The highest BCUT2D eigenvalue weighted by atomic mass is 35.5. The van der Waals surface area contributed by atoms with Crippen LogP contribution in [0.4, 0.5) is 0 Å². The second kappa shape index (κ2) is 3.33. The number of amides is 1. The number of carbonyl (C=O) groups excluding carboxylic acids is 1. The number of phenols is 1. The van der Waals surface area contributed by atoms with Gasteiger partial charge in [0.15, 0.2) is 0 Å². The Morgan fingerprint density at radius 3 is 2.36 bits per heavy atom. The molecular formula is C9H7Cl2NO2. The van der Waals surface area contributed by atoms with E-state index in [-0.39, 0.29) is 17.2 Å². The second-order valence-electron chi connectivity index (χ2n) is 2.97. The normalized spacial score (nSPS) is 24.9. The molecule has 1 aliphatic heterocycles. The summed E-state index contributed by atoms with van der Waals surface area (Å²) < 4.78 is 0. The number of phenolic OH excluding ortho intramolecular Hbond substituents is 1. The molecule has 1 fully saturated rings. The van der Waals surface area contributed by atoms with Gasteiger partial charge in [-0.05, 0) is 12.1 Å². The van der Waals surface area contributed by atoms with Gasteiger partial charge in [0.05, 0.1) is 5.56 Å². The van der Waals surface area contributed by atoms with Gasteiger partial charge >= 0.3 is 0 Å². The van der Waals surface area contributed by atoms with E-state index in [1.807, 2.05) is 0 Å². The Morgan fingerprint density at radius 2 is 1.86 bits per heavy atom. The van der Waals surface area contributed by atoms with Crippen LogP contribution in [0.5, 0.6) is 5.75 Å². The predicted octanol–water partition coefficient (Wildman–Crippen LogP) is 1.98. The summed E-state index contributed by atoms with van der Waals surface area (Å²) in [6.45, 7) is 0. The third kappa shape index (κ3) is 1.42. The number of benzene rings is 1. The number of hydrogen-bond acceptors (Lipinski definition) is 2. The van der Waals surface area contributed by atoms with Crippen LogP contribution >= 0.6 is 23.2 Å². The molecule has 1 saturated heterocycles. The van der Waals surface area contributed by atoms with Gasteiger partial charge in [0.1, 0.15) is 16.8 Å². The SMILES string of the molecule is O=C(c1ccccc1O)N1C(Cl)C1Cl. The molecular weight excluding hydrogens is 225 g/mol. The maximum absolute atomic E-state index is 11.6. The fourth-order valence-electron chi connectivity index (χ4n) is 1.19. The van der Waals surface area contributed by atoms with Gasteiger partial charge in [-0.15, -0.1) is 0 Å². The number of alkyl halides is 2. The Bertz CT molecular complexity index is 375. The third-order valence-corrected chi connectivity index (χ3v) is 3.06. The molecule has 0 saturated carbocycles. The van der Waals surface area contributed by atoms with E-state index in [1.54, 1.807) is 12.1 Å². The zero-order valence-electron chi connectivity index (χ0n) is 7.02. The highest BCUT2D eigenvalue weighted by Crippen LogP contribution is 2.37. The first-order valence-corrected chi connectivity index (χ1v) is 4.89. The van der Waals surface area contributed by atoms with Crippen LogP contribution in [0.2, 0.25) is 0 Å². The molecule has 1 aromatic carbocycles. The van der Waals surface area contributed by atoms with Crippen LogP contribution in [0.25, 0.3) is 0 Å². The average Bonchev–Trinajstić information content (AvgIpc) is 2.75. The quantitative estimate of drug-likeness (QED) is 0.457. The molecule has 1 N–H and O–H groups in total. The van der Waals surface area contributed by atoms with Crippen molar-refractivity contribution in [1.82, 2.24) is 4.90 Å². The summed E-state index contributed by atoms with van der Waals surface area (Å²) >= 11 is 11.4. The molecule has 3 nitrogen and oxygen atoms in total. The van der Waals surface area contributed by atoms with Gasteiger partial charge in [0.25, 0.3) is 5.91 Å². The van der Waals surface area contributed by atoms with Crippen molar-refractivity contribution in [2.75, 3.05) is 0 Å². The first-order chi connectivity index (χ1) is 6.63. The molecule has 0 spiro atoms. The molecule has 0 aromatic heterocycles. The maximum Gasteiger partial charge on any atom is 0.260 e. The van der Waals surface area contributed by atoms with E-state index in [1.165, 1.54) is 17.0 Å². The largest absolute Gasteiger partial charge is 0.507 e. The van der Waals surface area contributed by atoms with Crippen LogP contribution in [-0.4, -0.2) is 26.9 Å². The lowest BCUT2D eigenvalue weighted by Gasteiger charge is -2.03. The molecule has 0 bridgehead atoms. The van der Waals surface area contributed by atoms with Gasteiger partial charge < -0.3 is 5.11 Å². The maximum atomic E-state index is 11.6. The third-order valence-electron chi connectivity index (χ3n) is 2.04. The van der Waals surface area contributed by atoms with Crippen LogP contribution in [0, 0.1) is 0 Å². The Morgan fingerprint density at radius 1 is 1.29 bits per heavy atom. The minimum Gasteiger partial charge on any atom is -0.507 e. The minimum absolute atomic E-state index is 0.0582. The Hall–Kier alpha value is -0.930. The molecule has 1 amide bonds. The molecule has 5 heteroatoms. The minimum atomic E-state index is -0.469. The topological polar surface area (TPSA) is 40.3 Å². The highest BCUT2D eigenvalue weighted by molar-refractivity contribution is 6.35. The first kappa shape index (κ1) is 9.62. The van der Waals surface area contributed by atoms with Crippen LogP contribution in [0.15, 0.2) is 24.3 Å². The van der Waals surface area contributed by atoms with Crippen LogP contribution in [0.1, 0.15) is 10.4 Å². The van der Waals surface area contributed by atoms with E-state index in [0.29, 0.717) is 0 Å². The van der Waals surface area contributed by atoms with Crippen molar-refractivity contribution in [3.8, 4) is 5.75 Å². The number of nitrogens with zero attached hydrogens (tertiary/aromatic N) is 1. The smallest absolute Gasteiger partial charge is 0.260 e.